The molecule has 4 nitrogen and oxygen atoms in total. The molecular weight excluding hydrogens is 434 g/mol. The highest BCUT2D eigenvalue weighted by molar-refractivity contribution is 14.1. The third-order valence-corrected chi connectivity index (χ3v) is 3.37. The minimum Gasteiger partial charge on any atom is -0.407 e. The van der Waals surface area contributed by atoms with Crippen molar-refractivity contribution in [2.45, 2.75) is 13.8 Å². The van der Waals surface area contributed by atoms with Gasteiger partial charge in [0.2, 0.25) is 0 Å². The molecule has 0 aromatic carbocycles. The largest absolute Gasteiger partial charge is 0.415 e. The van der Waals surface area contributed by atoms with Gasteiger partial charge in [-0.25, -0.2) is 9.78 Å². The van der Waals surface area contributed by atoms with Crippen LogP contribution in [0.4, 0.5) is 4.79 Å². The van der Waals surface area contributed by atoms with Crippen molar-refractivity contribution in [3.63, 3.8) is 0 Å². The minimum absolute atomic E-state index is 0.328. The molecule has 0 fully saturated rings. The van der Waals surface area contributed by atoms with Gasteiger partial charge in [-0.15, -0.1) is 0 Å². The second-order valence-corrected chi connectivity index (χ2v) is 5.09. The molecule has 0 bridgehead atoms. The summed E-state index contributed by atoms with van der Waals surface area (Å²) in [5, 5.41) is 0. The van der Waals surface area contributed by atoms with Crippen LogP contribution in [0.3, 0.4) is 0 Å². The summed E-state index contributed by atoms with van der Waals surface area (Å²) in [5.41, 5.74) is 0. The summed E-state index contributed by atoms with van der Waals surface area (Å²) in [7, 11) is 0. The van der Waals surface area contributed by atoms with Crippen molar-refractivity contribution < 1.29 is 9.53 Å². The molecule has 0 spiro atoms. The van der Waals surface area contributed by atoms with Crippen LogP contribution >= 0.6 is 45.2 Å². The molecule has 16 heavy (non-hydrogen) atoms. The van der Waals surface area contributed by atoms with Crippen molar-refractivity contribution in [1.29, 1.82) is 0 Å². The lowest BCUT2D eigenvalue weighted by atomic mass is 10.5. The molecule has 1 heterocycles. The van der Waals surface area contributed by atoms with Gasteiger partial charge in [0.05, 0.1) is 0 Å². The Labute approximate surface area is 122 Å². The predicted molar refractivity (Wildman–Crippen MR) is 78.6 cm³/mol. The van der Waals surface area contributed by atoms with Crippen molar-refractivity contribution in [3.8, 4) is 5.75 Å². The maximum atomic E-state index is 11.7. The number of rotatable bonds is 3. The Morgan fingerprint density at radius 1 is 1.38 bits per heavy atom. The fourth-order valence-electron chi connectivity index (χ4n) is 1.12. The second kappa shape index (κ2) is 6.58. The highest BCUT2D eigenvalue weighted by Crippen LogP contribution is 2.20. The topological polar surface area (TPSA) is 42.4 Å². The number of nitrogens with zero attached hydrogens (tertiary/aromatic N) is 2. The second-order valence-electron chi connectivity index (χ2n) is 2.96. The van der Waals surface area contributed by atoms with E-state index < -0.39 is 0 Å². The number of amides is 1. The fourth-order valence-corrected chi connectivity index (χ4v) is 2.55. The third-order valence-electron chi connectivity index (χ3n) is 2.00. The Morgan fingerprint density at radius 2 is 2.00 bits per heavy atom. The summed E-state index contributed by atoms with van der Waals surface area (Å²) in [6.45, 7) is 5.12. The van der Waals surface area contributed by atoms with Gasteiger partial charge in [-0.1, -0.05) is 0 Å². The first-order valence-electron chi connectivity index (χ1n) is 4.87. The molecule has 0 radical (unpaired) electrons. The molecule has 0 aliphatic heterocycles. The van der Waals surface area contributed by atoms with Crippen molar-refractivity contribution >= 4 is 51.3 Å². The van der Waals surface area contributed by atoms with Crippen LogP contribution in [-0.4, -0.2) is 29.1 Å². The van der Waals surface area contributed by atoms with E-state index in [4.69, 9.17) is 4.74 Å². The SMILES string of the molecule is CCN(CC)C(=O)Oc1ccc(I)nc1I. The molecular formula is C10H12I2N2O2. The van der Waals surface area contributed by atoms with Gasteiger partial charge in [0.25, 0.3) is 0 Å². The summed E-state index contributed by atoms with van der Waals surface area (Å²) in [6, 6.07) is 3.57. The number of halogens is 2. The van der Waals surface area contributed by atoms with Crippen molar-refractivity contribution in [2.75, 3.05) is 13.1 Å². The summed E-state index contributed by atoms with van der Waals surface area (Å²) in [6.07, 6.45) is -0.328. The van der Waals surface area contributed by atoms with E-state index in [1.54, 1.807) is 11.0 Å². The lowest BCUT2D eigenvalue weighted by molar-refractivity contribution is 0.156. The first kappa shape index (κ1) is 13.9. The highest BCUT2D eigenvalue weighted by Gasteiger charge is 2.14. The molecule has 0 aliphatic carbocycles. The van der Waals surface area contributed by atoms with E-state index in [1.165, 1.54) is 0 Å². The van der Waals surface area contributed by atoms with E-state index in [-0.39, 0.29) is 6.09 Å². The van der Waals surface area contributed by atoms with Crippen LogP contribution in [0, 0.1) is 7.40 Å². The van der Waals surface area contributed by atoms with Crippen LogP contribution in [0.15, 0.2) is 12.1 Å². The number of hydrogen-bond acceptors (Lipinski definition) is 3. The zero-order valence-corrected chi connectivity index (χ0v) is 13.4. The van der Waals surface area contributed by atoms with Gasteiger partial charge in [0.1, 0.15) is 7.40 Å². The maximum absolute atomic E-state index is 11.7. The predicted octanol–water partition coefficient (Wildman–Crippen LogP) is 3.13. The van der Waals surface area contributed by atoms with E-state index in [0.717, 1.165) is 3.70 Å². The first-order valence-corrected chi connectivity index (χ1v) is 7.03. The monoisotopic (exact) mass is 446 g/mol. The molecule has 1 aromatic rings. The molecule has 88 valence electrons. The van der Waals surface area contributed by atoms with Gasteiger partial charge < -0.3 is 9.64 Å². The summed E-state index contributed by atoms with van der Waals surface area (Å²) in [4.78, 5) is 17.5. The van der Waals surface area contributed by atoms with Crippen molar-refractivity contribution in [2.24, 2.45) is 0 Å². The van der Waals surface area contributed by atoms with Crippen LogP contribution < -0.4 is 4.74 Å². The van der Waals surface area contributed by atoms with Crippen LogP contribution in [0.5, 0.6) is 5.75 Å². The Kier molecular flexibility index (Phi) is 5.73. The number of carbonyl (C=O) groups is 1. The molecule has 0 saturated heterocycles. The standard InChI is InChI=1S/C10H12I2N2O2/c1-3-14(4-2)10(15)16-7-5-6-8(11)13-9(7)12/h5-6H,3-4H2,1-2H3. The zero-order chi connectivity index (χ0) is 12.1. The van der Waals surface area contributed by atoms with Gasteiger partial charge in [-0.05, 0) is 71.2 Å². The quantitative estimate of drug-likeness (QED) is 0.530. The molecule has 1 amide bonds. The molecule has 0 unspecified atom stereocenters. The number of pyridine rings is 1. The summed E-state index contributed by atoms with van der Waals surface area (Å²) < 4.78 is 6.84. The lowest BCUT2D eigenvalue weighted by Gasteiger charge is -2.18. The average molecular weight is 446 g/mol. The Balaban J connectivity index is 2.76. The summed E-state index contributed by atoms with van der Waals surface area (Å²) >= 11 is 4.17. The number of carbonyl (C=O) groups excluding carboxylic acids is 1. The van der Waals surface area contributed by atoms with E-state index >= 15 is 0 Å². The third kappa shape index (κ3) is 3.72. The minimum atomic E-state index is -0.328. The smallest absolute Gasteiger partial charge is 0.407 e. The van der Waals surface area contributed by atoms with Gasteiger partial charge in [-0.2, -0.15) is 0 Å². The molecule has 0 aliphatic rings. The van der Waals surface area contributed by atoms with Crippen molar-refractivity contribution in [3.05, 3.63) is 19.5 Å². The number of ether oxygens (including phenoxy) is 1. The zero-order valence-electron chi connectivity index (χ0n) is 9.04. The van der Waals surface area contributed by atoms with Crippen LogP contribution in [0.25, 0.3) is 0 Å². The van der Waals surface area contributed by atoms with E-state index in [2.05, 4.69) is 50.2 Å². The molecule has 0 atom stereocenters. The number of hydrogen-bond donors (Lipinski definition) is 0. The van der Waals surface area contributed by atoms with Crippen LogP contribution in [0.1, 0.15) is 13.8 Å². The van der Waals surface area contributed by atoms with E-state index in [9.17, 15) is 4.79 Å². The Morgan fingerprint density at radius 3 is 2.50 bits per heavy atom. The van der Waals surface area contributed by atoms with Gasteiger partial charge in [0, 0.05) is 13.1 Å². The number of aromatic nitrogens is 1. The Bertz CT molecular complexity index is 381. The fraction of sp³-hybridized carbons (Fsp3) is 0.400. The molecule has 6 heteroatoms. The molecule has 1 rings (SSSR count). The van der Waals surface area contributed by atoms with Gasteiger partial charge >= 0.3 is 6.09 Å². The molecule has 1 aromatic heterocycles. The average Bonchev–Trinajstić information content (AvgIpc) is 2.24. The van der Waals surface area contributed by atoms with Crippen molar-refractivity contribution in [1.82, 2.24) is 9.88 Å². The van der Waals surface area contributed by atoms with E-state index in [1.807, 2.05) is 19.9 Å². The van der Waals surface area contributed by atoms with Gasteiger partial charge in [-0.3, -0.25) is 0 Å². The summed E-state index contributed by atoms with van der Waals surface area (Å²) in [5.74, 6) is 0.512. The van der Waals surface area contributed by atoms with Crippen LogP contribution in [0.2, 0.25) is 0 Å². The highest BCUT2D eigenvalue weighted by atomic mass is 127. The normalized spacial score (nSPS) is 10.0. The first-order chi connectivity index (χ1) is 7.58. The Hall–Kier alpha value is -0.120. The molecule has 0 saturated carbocycles. The van der Waals surface area contributed by atoms with E-state index in [0.29, 0.717) is 22.5 Å². The maximum Gasteiger partial charge on any atom is 0.415 e. The van der Waals surface area contributed by atoms with Crippen LogP contribution in [-0.2, 0) is 0 Å². The molecule has 0 N–H and O–H groups in total. The van der Waals surface area contributed by atoms with Gasteiger partial charge in [0.15, 0.2) is 5.75 Å². The lowest BCUT2D eigenvalue weighted by Crippen LogP contribution is -2.33.